The SMILES string of the molecule is COc1cc(Cn2ccc3c(-c4cccc(-c5ccc(CNC[C@@H]6CCC(=O)N6)cc5)c4Cl)cccc32)c(Cl)cc1CN[C@@H](COC(C)(C)C)C(=O)OC(C)(C)C. The van der Waals surface area contributed by atoms with Gasteiger partial charge in [0.05, 0.1) is 24.3 Å². The number of carbonyl (C=O) groups excluding carboxylic acids is 2. The fourth-order valence-electron chi connectivity index (χ4n) is 7.00. The van der Waals surface area contributed by atoms with Crippen LogP contribution < -0.4 is 20.7 Å². The van der Waals surface area contributed by atoms with Gasteiger partial charge in [0.2, 0.25) is 5.91 Å². The number of esters is 1. The van der Waals surface area contributed by atoms with E-state index in [2.05, 4.69) is 87.4 Å². The number of benzene rings is 4. The highest BCUT2D eigenvalue weighted by atomic mass is 35.5. The summed E-state index contributed by atoms with van der Waals surface area (Å²) in [6.07, 6.45) is 3.55. The minimum absolute atomic E-state index is 0.132. The Bertz CT molecular complexity index is 2200. The third kappa shape index (κ3) is 11.0. The summed E-state index contributed by atoms with van der Waals surface area (Å²) in [4.78, 5) is 24.6. The Kier molecular flexibility index (Phi) is 13.4. The van der Waals surface area contributed by atoms with Crippen molar-refractivity contribution in [1.29, 1.82) is 0 Å². The minimum atomic E-state index is -0.686. The van der Waals surface area contributed by atoms with Crippen LogP contribution in [0.15, 0.2) is 85.1 Å². The van der Waals surface area contributed by atoms with E-state index in [-0.39, 0.29) is 24.5 Å². The van der Waals surface area contributed by atoms with E-state index in [0.717, 1.165) is 63.8 Å². The summed E-state index contributed by atoms with van der Waals surface area (Å²) in [5.41, 5.74) is 6.86. The van der Waals surface area contributed by atoms with Gasteiger partial charge in [-0.25, -0.2) is 0 Å². The van der Waals surface area contributed by atoms with Crippen LogP contribution in [-0.4, -0.2) is 60.0 Å². The third-order valence-electron chi connectivity index (χ3n) is 9.88. The zero-order valence-electron chi connectivity index (χ0n) is 33.9. The van der Waals surface area contributed by atoms with Crippen molar-refractivity contribution >= 4 is 46.0 Å². The molecule has 57 heavy (non-hydrogen) atoms. The number of nitrogens with zero attached hydrogens (tertiary/aromatic N) is 1. The van der Waals surface area contributed by atoms with Crippen molar-refractivity contribution in [3.8, 4) is 28.0 Å². The third-order valence-corrected chi connectivity index (χ3v) is 10.6. The van der Waals surface area contributed by atoms with E-state index in [4.69, 9.17) is 37.4 Å². The summed E-state index contributed by atoms with van der Waals surface area (Å²) >= 11 is 14.2. The Labute approximate surface area is 346 Å². The van der Waals surface area contributed by atoms with Crippen molar-refractivity contribution in [2.45, 2.75) is 97.3 Å². The van der Waals surface area contributed by atoms with Crippen LogP contribution in [0.5, 0.6) is 5.75 Å². The molecule has 3 N–H and O–H groups in total. The molecular weight excluding hydrogens is 759 g/mol. The first-order valence-corrected chi connectivity index (χ1v) is 20.3. The molecule has 11 heteroatoms. The molecule has 1 fully saturated rings. The molecule has 0 spiro atoms. The van der Waals surface area contributed by atoms with Crippen molar-refractivity contribution in [2.75, 3.05) is 20.3 Å². The Balaban J connectivity index is 1.18. The van der Waals surface area contributed by atoms with E-state index in [1.54, 1.807) is 7.11 Å². The molecule has 0 aliphatic carbocycles. The van der Waals surface area contributed by atoms with Crippen LogP contribution in [-0.2, 0) is 38.7 Å². The van der Waals surface area contributed by atoms with Crippen LogP contribution in [0.2, 0.25) is 10.0 Å². The summed E-state index contributed by atoms with van der Waals surface area (Å²) < 4.78 is 19.7. The zero-order valence-corrected chi connectivity index (χ0v) is 35.4. The van der Waals surface area contributed by atoms with Crippen LogP contribution in [0.25, 0.3) is 33.2 Å². The van der Waals surface area contributed by atoms with Crippen LogP contribution in [0.4, 0.5) is 0 Å². The highest BCUT2D eigenvalue weighted by Crippen LogP contribution is 2.40. The predicted molar refractivity (Wildman–Crippen MR) is 230 cm³/mol. The number of fused-ring (bicyclic) bond motifs is 1. The van der Waals surface area contributed by atoms with Crippen molar-refractivity contribution in [1.82, 2.24) is 20.5 Å². The molecule has 1 aliphatic rings. The maximum atomic E-state index is 13.1. The van der Waals surface area contributed by atoms with Gasteiger partial charge in [0.1, 0.15) is 17.4 Å². The average Bonchev–Trinajstić information content (AvgIpc) is 3.77. The van der Waals surface area contributed by atoms with Crippen molar-refractivity contribution in [3.05, 3.63) is 112 Å². The molecule has 1 amide bonds. The molecule has 1 aromatic heterocycles. The van der Waals surface area contributed by atoms with E-state index in [1.165, 1.54) is 5.56 Å². The number of hydrogen-bond acceptors (Lipinski definition) is 7. The Morgan fingerprint density at radius 1 is 0.895 bits per heavy atom. The lowest BCUT2D eigenvalue weighted by Gasteiger charge is -2.27. The fraction of sp³-hybridized carbons (Fsp3) is 0.391. The van der Waals surface area contributed by atoms with E-state index in [9.17, 15) is 9.59 Å². The van der Waals surface area contributed by atoms with Gasteiger partial charge in [0.25, 0.3) is 0 Å². The topological polar surface area (TPSA) is 103 Å². The summed E-state index contributed by atoms with van der Waals surface area (Å²) in [6.45, 7) is 13.9. The van der Waals surface area contributed by atoms with Gasteiger partial charge in [-0.1, -0.05) is 77.8 Å². The lowest BCUT2D eigenvalue weighted by molar-refractivity contribution is -0.160. The highest BCUT2D eigenvalue weighted by molar-refractivity contribution is 6.36. The molecule has 2 heterocycles. The molecular formula is C46H54Cl2N4O5. The largest absolute Gasteiger partial charge is 0.496 e. The molecule has 4 aromatic carbocycles. The lowest BCUT2D eigenvalue weighted by Crippen LogP contribution is -2.45. The molecule has 0 saturated carbocycles. The molecule has 9 nitrogen and oxygen atoms in total. The number of aromatic nitrogens is 1. The minimum Gasteiger partial charge on any atom is -0.496 e. The fourth-order valence-corrected chi connectivity index (χ4v) is 7.58. The number of ether oxygens (including phenoxy) is 3. The van der Waals surface area contributed by atoms with Gasteiger partial charge in [-0.2, -0.15) is 0 Å². The number of amides is 1. The van der Waals surface area contributed by atoms with Gasteiger partial charge < -0.3 is 29.4 Å². The maximum absolute atomic E-state index is 13.1. The monoisotopic (exact) mass is 812 g/mol. The van der Waals surface area contributed by atoms with Crippen LogP contribution >= 0.6 is 23.2 Å². The van der Waals surface area contributed by atoms with Crippen LogP contribution in [0.1, 0.15) is 71.1 Å². The Morgan fingerprint density at radius 2 is 1.61 bits per heavy atom. The van der Waals surface area contributed by atoms with Crippen molar-refractivity contribution in [3.63, 3.8) is 0 Å². The Hall–Kier alpha value is -4.38. The molecule has 1 aliphatic heterocycles. The summed E-state index contributed by atoms with van der Waals surface area (Å²) in [6, 6.07) is 26.4. The maximum Gasteiger partial charge on any atom is 0.326 e. The second kappa shape index (κ2) is 18.0. The summed E-state index contributed by atoms with van der Waals surface area (Å²) in [5, 5.41) is 12.1. The number of carbonyl (C=O) groups is 2. The summed E-state index contributed by atoms with van der Waals surface area (Å²) in [7, 11) is 1.63. The van der Waals surface area contributed by atoms with Gasteiger partial charge in [0, 0.05) is 77.5 Å². The highest BCUT2D eigenvalue weighted by Gasteiger charge is 2.28. The normalized spacial score (nSPS) is 15.2. The smallest absolute Gasteiger partial charge is 0.326 e. The molecule has 0 bridgehead atoms. The first kappa shape index (κ1) is 42.2. The van der Waals surface area contributed by atoms with Crippen molar-refractivity contribution in [2.24, 2.45) is 0 Å². The standard InChI is InChI=1S/C46H54Cl2N4O5/c1-45(2,3)56-28-39(44(54)57-46(4,5)6)50-25-31-22-38(47)32(23-41(31)55-7)27-52-21-20-36-35(11-9-13-40(36)52)37-12-8-10-34(43(37)48)30-16-14-29(15-17-30)24-49-26-33-18-19-42(53)51-33/h8-17,20-23,33,39,49-50H,18-19,24-28H2,1-7H3,(H,51,53)/t33-,39-/m0/s1. The molecule has 0 unspecified atom stereocenters. The molecule has 1 saturated heterocycles. The van der Waals surface area contributed by atoms with Crippen molar-refractivity contribution < 1.29 is 23.8 Å². The second-order valence-electron chi connectivity index (χ2n) is 16.6. The molecule has 5 aromatic rings. The van der Waals surface area contributed by atoms with Gasteiger partial charge in [-0.15, -0.1) is 0 Å². The van der Waals surface area contributed by atoms with Crippen LogP contribution in [0, 0.1) is 0 Å². The lowest BCUT2D eigenvalue weighted by atomic mass is 9.96. The Morgan fingerprint density at radius 3 is 2.30 bits per heavy atom. The van der Waals surface area contributed by atoms with E-state index >= 15 is 0 Å². The van der Waals surface area contributed by atoms with Gasteiger partial charge in [0.15, 0.2) is 0 Å². The molecule has 0 radical (unpaired) electrons. The molecule has 6 rings (SSSR count). The van der Waals surface area contributed by atoms with Gasteiger partial charge >= 0.3 is 5.97 Å². The number of rotatable bonds is 15. The number of hydrogen-bond donors (Lipinski definition) is 3. The number of nitrogens with one attached hydrogen (secondary N) is 3. The van der Waals surface area contributed by atoms with Gasteiger partial charge in [-0.05, 0) is 94.5 Å². The predicted octanol–water partition coefficient (Wildman–Crippen LogP) is 9.32. The molecule has 302 valence electrons. The second-order valence-corrected chi connectivity index (χ2v) is 17.4. The van der Waals surface area contributed by atoms with Crippen LogP contribution in [0.3, 0.4) is 0 Å². The van der Waals surface area contributed by atoms with E-state index < -0.39 is 17.2 Å². The number of methoxy groups -OCH3 is 1. The summed E-state index contributed by atoms with van der Waals surface area (Å²) in [5.74, 6) is 0.408. The first-order chi connectivity index (χ1) is 27.1. The van der Waals surface area contributed by atoms with E-state index in [1.807, 2.05) is 59.7 Å². The first-order valence-electron chi connectivity index (χ1n) is 19.5. The van der Waals surface area contributed by atoms with E-state index in [0.29, 0.717) is 35.3 Å². The molecule has 2 atom stereocenters. The quantitative estimate of drug-likeness (QED) is 0.0906. The zero-order chi connectivity index (χ0) is 40.9. The average molecular weight is 814 g/mol. The van der Waals surface area contributed by atoms with Gasteiger partial charge in [-0.3, -0.25) is 14.9 Å². The number of halogens is 2.